The highest BCUT2D eigenvalue weighted by Gasteiger charge is 2.19. The Morgan fingerprint density at radius 3 is 2.59 bits per heavy atom. The van der Waals surface area contributed by atoms with E-state index in [2.05, 4.69) is 10.3 Å². The lowest BCUT2D eigenvalue weighted by molar-refractivity contribution is 0.0527. The van der Waals surface area contributed by atoms with Crippen LogP contribution in [-0.4, -0.2) is 31.8 Å². The number of aromatic nitrogens is 1. The average Bonchev–Trinajstić information content (AvgIpc) is 2.68. The van der Waals surface area contributed by atoms with E-state index < -0.39 is 5.97 Å². The minimum atomic E-state index is -0.441. The number of pyridine rings is 1. The molecule has 0 fully saturated rings. The number of rotatable bonds is 6. The Bertz CT molecular complexity index is 985. The number of ether oxygens (including phenoxy) is 3. The molecule has 0 aliphatic carbocycles. The van der Waals surface area contributed by atoms with Gasteiger partial charge in [0.1, 0.15) is 22.6 Å². The van der Waals surface area contributed by atoms with Gasteiger partial charge in [0, 0.05) is 11.6 Å². The number of para-hydroxylation sites is 1. The molecule has 0 radical (unpaired) electrons. The van der Waals surface area contributed by atoms with Crippen molar-refractivity contribution in [2.75, 3.05) is 26.1 Å². The minimum absolute atomic E-state index is 0.280. The van der Waals surface area contributed by atoms with Crippen LogP contribution in [0.5, 0.6) is 11.5 Å². The molecule has 0 bridgehead atoms. The maximum Gasteiger partial charge on any atom is 0.341 e. The second-order valence-electron chi connectivity index (χ2n) is 5.95. The zero-order chi connectivity index (χ0) is 19.4. The zero-order valence-corrected chi connectivity index (χ0v) is 15.8. The van der Waals surface area contributed by atoms with Crippen molar-refractivity contribution in [3.05, 3.63) is 53.7 Å². The Labute approximate surface area is 158 Å². The second kappa shape index (κ2) is 7.95. The Morgan fingerprint density at radius 2 is 1.89 bits per heavy atom. The van der Waals surface area contributed by atoms with Crippen LogP contribution in [0.4, 0.5) is 11.4 Å². The van der Waals surface area contributed by atoms with Crippen LogP contribution in [0.2, 0.25) is 0 Å². The van der Waals surface area contributed by atoms with Crippen molar-refractivity contribution in [2.24, 2.45) is 0 Å². The molecule has 0 atom stereocenters. The van der Waals surface area contributed by atoms with E-state index in [0.29, 0.717) is 28.3 Å². The number of hydrogen-bond donors (Lipinski definition) is 1. The predicted molar refractivity (Wildman–Crippen MR) is 105 cm³/mol. The zero-order valence-electron chi connectivity index (χ0n) is 15.8. The fourth-order valence-electron chi connectivity index (χ4n) is 2.91. The standard InChI is InChI=1S/C21H22N2O4/c1-5-27-21(24)15-12-22-20-14(7-6-8-18(20)26-4)19(15)23-16-11-13(2)9-10-17(16)25-3/h6-12H,5H2,1-4H3,(H,22,23). The molecule has 1 aromatic heterocycles. The van der Waals surface area contributed by atoms with Gasteiger partial charge in [0.25, 0.3) is 0 Å². The van der Waals surface area contributed by atoms with E-state index in [4.69, 9.17) is 14.2 Å². The third-order valence-electron chi connectivity index (χ3n) is 4.19. The van der Waals surface area contributed by atoms with Crippen LogP contribution < -0.4 is 14.8 Å². The van der Waals surface area contributed by atoms with Gasteiger partial charge in [-0.1, -0.05) is 18.2 Å². The highest BCUT2D eigenvalue weighted by atomic mass is 16.5. The molecule has 0 unspecified atom stereocenters. The van der Waals surface area contributed by atoms with Crippen LogP contribution in [-0.2, 0) is 4.74 Å². The summed E-state index contributed by atoms with van der Waals surface area (Å²) < 4.78 is 16.1. The normalized spacial score (nSPS) is 10.5. The molecule has 6 heteroatoms. The van der Waals surface area contributed by atoms with Gasteiger partial charge in [-0.15, -0.1) is 0 Å². The maximum absolute atomic E-state index is 12.5. The summed E-state index contributed by atoms with van der Waals surface area (Å²) >= 11 is 0. The van der Waals surface area contributed by atoms with Gasteiger partial charge in [0.2, 0.25) is 0 Å². The molecule has 0 aliphatic rings. The smallest absolute Gasteiger partial charge is 0.341 e. The second-order valence-corrected chi connectivity index (χ2v) is 5.95. The lowest BCUT2D eigenvalue weighted by Gasteiger charge is -2.17. The van der Waals surface area contributed by atoms with Crippen molar-refractivity contribution in [1.29, 1.82) is 0 Å². The first-order valence-electron chi connectivity index (χ1n) is 8.63. The maximum atomic E-state index is 12.5. The third kappa shape index (κ3) is 3.65. The van der Waals surface area contributed by atoms with Crippen molar-refractivity contribution in [1.82, 2.24) is 4.98 Å². The van der Waals surface area contributed by atoms with E-state index in [-0.39, 0.29) is 6.61 Å². The highest BCUT2D eigenvalue weighted by Crippen LogP contribution is 2.36. The monoisotopic (exact) mass is 366 g/mol. The lowest BCUT2D eigenvalue weighted by atomic mass is 10.1. The molecule has 1 heterocycles. The Balaban J connectivity index is 2.23. The van der Waals surface area contributed by atoms with Crippen molar-refractivity contribution in [3.63, 3.8) is 0 Å². The fraction of sp³-hybridized carbons (Fsp3) is 0.238. The van der Waals surface area contributed by atoms with Gasteiger partial charge in [0.15, 0.2) is 0 Å². The summed E-state index contributed by atoms with van der Waals surface area (Å²) in [7, 11) is 3.20. The topological polar surface area (TPSA) is 69.7 Å². The lowest BCUT2D eigenvalue weighted by Crippen LogP contribution is -2.10. The van der Waals surface area contributed by atoms with Crippen molar-refractivity contribution >= 4 is 28.2 Å². The van der Waals surface area contributed by atoms with Gasteiger partial charge in [-0.25, -0.2) is 4.79 Å². The summed E-state index contributed by atoms with van der Waals surface area (Å²) in [4.78, 5) is 16.9. The van der Waals surface area contributed by atoms with E-state index in [1.54, 1.807) is 21.1 Å². The molecule has 3 aromatic rings. The van der Waals surface area contributed by atoms with Crippen molar-refractivity contribution in [2.45, 2.75) is 13.8 Å². The number of benzene rings is 2. The quantitative estimate of drug-likeness (QED) is 0.649. The molecule has 2 aromatic carbocycles. The van der Waals surface area contributed by atoms with Crippen molar-refractivity contribution in [3.8, 4) is 11.5 Å². The molecular formula is C21H22N2O4. The first-order valence-corrected chi connectivity index (χ1v) is 8.63. The van der Waals surface area contributed by atoms with Gasteiger partial charge >= 0.3 is 5.97 Å². The van der Waals surface area contributed by atoms with E-state index in [1.165, 1.54) is 6.20 Å². The number of nitrogens with zero attached hydrogens (tertiary/aromatic N) is 1. The number of aryl methyl sites for hydroxylation is 1. The number of fused-ring (bicyclic) bond motifs is 1. The molecular weight excluding hydrogens is 344 g/mol. The number of carbonyl (C=O) groups excluding carboxylic acids is 1. The molecule has 0 saturated heterocycles. The van der Waals surface area contributed by atoms with Gasteiger partial charge in [-0.05, 0) is 37.6 Å². The van der Waals surface area contributed by atoms with E-state index >= 15 is 0 Å². The van der Waals surface area contributed by atoms with Crippen LogP contribution in [0, 0.1) is 6.92 Å². The Hall–Kier alpha value is -3.28. The van der Waals surface area contributed by atoms with Crippen LogP contribution in [0.25, 0.3) is 10.9 Å². The molecule has 0 aliphatic heterocycles. The van der Waals surface area contributed by atoms with Gasteiger partial charge in [-0.3, -0.25) is 4.98 Å². The summed E-state index contributed by atoms with van der Waals surface area (Å²) in [6.45, 7) is 4.04. The average molecular weight is 366 g/mol. The molecule has 6 nitrogen and oxygen atoms in total. The predicted octanol–water partition coefficient (Wildman–Crippen LogP) is 4.48. The number of carbonyl (C=O) groups is 1. The highest BCUT2D eigenvalue weighted by molar-refractivity contribution is 6.07. The number of methoxy groups -OCH3 is 2. The van der Waals surface area contributed by atoms with E-state index in [0.717, 1.165) is 16.6 Å². The molecule has 0 amide bonds. The summed E-state index contributed by atoms with van der Waals surface area (Å²) in [5.41, 5.74) is 3.41. The summed E-state index contributed by atoms with van der Waals surface area (Å²) in [6.07, 6.45) is 1.51. The Kier molecular flexibility index (Phi) is 5.45. The molecule has 1 N–H and O–H groups in total. The number of hydrogen-bond acceptors (Lipinski definition) is 6. The number of nitrogens with one attached hydrogen (secondary N) is 1. The van der Waals surface area contributed by atoms with Crippen LogP contribution in [0.15, 0.2) is 42.6 Å². The fourth-order valence-corrected chi connectivity index (χ4v) is 2.91. The van der Waals surface area contributed by atoms with Gasteiger partial charge in [-0.2, -0.15) is 0 Å². The van der Waals surface area contributed by atoms with Gasteiger partial charge < -0.3 is 19.5 Å². The molecule has 0 spiro atoms. The molecule has 140 valence electrons. The summed E-state index contributed by atoms with van der Waals surface area (Å²) in [5.74, 6) is 0.856. The van der Waals surface area contributed by atoms with Crippen LogP contribution in [0.1, 0.15) is 22.8 Å². The summed E-state index contributed by atoms with van der Waals surface area (Å²) in [6, 6.07) is 11.4. The van der Waals surface area contributed by atoms with E-state index in [1.807, 2.05) is 43.3 Å². The molecule has 3 rings (SSSR count). The van der Waals surface area contributed by atoms with Gasteiger partial charge in [0.05, 0.1) is 32.2 Å². The van der Waals surface area contributed by atoms with E-state index in [9.17, 15) is 4.79 Å². The first kappa shape index (κ1) is 18.5. The third-order valence-corrected chi connectivity index (χ3v) is 4.19. The SMILES string of the molecule is CCOC(=O)c1cnc2c(OC)cccc2c1Nc1cc(C)ccc1OC. The molecule has 27 heavy (non-hydrogen) atoms. The summed E-state index contributed by atoms with van der Waals surface area (Å²) in [5, 5.41) is 4.10. The first-order chi connectivity index (χ1) is 13.1. The largest absolute Gasteiger partial charge is 0.495 e. The van der Waals surface area contributed by atoms with Crippen LogP contribution >= 0.6 is 0 Å². The minimum Gasteiger partial charge on any atom is -0.495 e. The van der Waals surface area contributed by atoms with Crippen LogP contribution in [0.3, 0.4) is 0 Å². The number of anilines is 2. The Morgan fingerprint density at radius 1 is 1.11 bits per heavy atom. The van der Waals surface area contributed by atoms with Crippen molar-refractivity contribution < 1.29 is 19.0 Å². The number of esters is 1. The molecule has 0 saturated carbocycles.